The number of aliphatic hydroxyl groups excluding tert-OH is 2. The summed E-state index contributed by atoms with van der Waals surface area (Å²) in [7, 11) is -1.21. The van der Waals surface area contributed by atoms with Crippen LogP contribution in [0.1, 0.15) is 27.7 Å². The Hall–Kier alpha value is -0.250. The molecule has 0 aromatic rings. The monoisotopic (exact) mass is 536 g/mol. The molecule has 2 N–H and O–H groups in total. The quantitative estimate of drug-likeness (QED) is 0.0982. The minimum atomic E-state index is -3.63. The fourth-order valence-electron chi connectivity index (χ4n) is 2.82. The van der Waals surface area contributed by atoms with Gasteiger partial charge in [-0.3, -0.25) is 4.57 Å². The van der Waals surface area contributed by atoms with Crippen LogP contribution in [0.15, 0.2) is 0 Å². The lowest BCUT2D eigenvalue weighted by Gasteiger charge is -2.37. The van der Waals surface area contributed by atoms with Gasteiger partial charge in [0.05, 0.1) is 18.9 Å². The van der Waals surface area contributed by atoms with Crippen molar-refractivity contribution < 1.29 is 61.7 Å². The summed E-state index contributed by atoms with van der Waals surface area (Å²) in [6.45, 7) is 7.86. The molecule has 0 radical (unpaired) electrons. The van der Waals surface area contributed by atoms with Gasteiger partial charge >= 0.3 is 7.60 Å². The molecule has 0 saturated heterocycles. The van der Waals surface area contributed by atoms with Gasteiger partial charge in [-0.2, -0.15) is 0 Å². The van der Waals surface area contributed by atoms with Gasteiger partial charge in [-0.15, -0.1) is 0 Å². The first-order valence-corrected chi connectivity index (χ1v) is 13.4. The average Bonchev–Trinajstić information content (AvgIpc) is 2.85. The summed E-state index contributed by atoms with van der Waals surface area (Å²) in [5.74, 6) is 0. The Balaban J connectivity index is 5.98. The van der Waals surface area contributed by atoms with E-state index in [1.165, 1.54) is 14.2 Å². The van der Waals surface area contributed by atoms with Crippen molar-refractivity contribution in [2.75, 3.05) is 80.6 Å². The van der Waals surface area contributed by atoms with Crippen LogP contribution in [0.4, 0.5) is 0 Å². The van der Waals surface area contributed by atoms with E-state index in [0.29, 0.717) is 26.4 Å². The number of hydrogen-bond donors (Lipinski definition) is 2. The largest absolute Gasteiger partial charge is 0.390 e. The van der Waals surface area contributed by atoms with E-state index in [9.17, 15) is 14.8 Å². The van der Waals surface area contributed by atoms with Crippen LogP contribution in [0, 0.1) is 0 Å². The molecule has 0 fully saturated rings. The van der Waals surface area contributed by atoms with Crippen molar-refractivity contribution in [1.29, 1.82) is 0 Å². The SMILES string of the molecule is CCOCOCC(O)[C@@H](OCOCC)[C@H](OCOCC)[C@@H](OCOCC)C(O)CP(=O)(OC)OC. The van der Waals surface area contributed by atoms with Gasteiger partial charge in [0.1, 0.15) is 51.6 Å². The molecule has 0 aliphatic carbocycles. The maximum absolute atomic E-state index is 12.7. The molecule has 0 bridgehead atoms. The van der Waals surface area contributed by atoms with Gasteiger partial charge in [0.2, 0.25) is 0 Å². The highest BCUT2D eigenvalue weighted by Crippen LogP contribution is 2.47. The van der Waals surface area contributed by atoms with Crippen LogP contribution in [0.25, 0.3) is 0 Å². The van der Waals surface area contributed by atoms with E-state index in [2.05, 4.69) is 0 Å². The summed E-state index contributed by atoms with van der Waals surface area (Å²) >= 11 is 0. The third-order valence-electron chi connectivity index (χ3n) is 4.68. The van der Waals surface area contributed by atoms with Gasteiger partial charge < -0.3 is 57.2 Å². The van der Waals surface area contributed by atoms with Crippen LogP contribution in [0.2, 0.25) is 0 Å². The van der Waals surface area contributed by atoms with Crippen molar-refractivity contribution in [2.24, 2.45) is 0 Å². The molecule has 0 aliphatic heterocycles. The second-order valence-electron chi connectivity index (χ2n) is 7.00. The summed E-state index contributed by atoms with van der Waals surface area (Å²) in [5, 5.41) is 21.9. The third kappa shape index (κ3) is 14.9. The number of rotatable bonds is 25. The lowest BCUT2D eigenvalue weighted by molar-refractivity contribution is -0.248. The van der Waals surface area contributed by atoms with E-state index in [0.717, 1.165) is 0 Å². The fraction of sp³-hybridized carbons (Fsp3) is 1.00. The van der Waals surface area contributed by atoms with E-state index >= 15 is 0 Å². The van der Waals surface area contributed by atoms with Gasteiger partial charge in [-0.25, -0.2) is 0 Å². The fourth-order valence-corrected chi connectivity index (χ4v) is 3.93. The second kappa shape index (κ2) is 21.8. The number of aliphatic hydroxyl groups is 2. The Kier molecular flexibility index (Phi) is 21.6. The molecule has 0 heterocycles. The molecule has 13 nitrogen and oxygen atoms in total. The first-order valence-electron chi connectivity index (χ1n) is 11.6. The highest BCUT2D eigenvalue weighted by molar-refractivity contribution is 7.53. The Morgan fingerprint density at radius 1 is 0.600 bits per heavy atom. The van der Waals surface area contributed by atoms with E-state index in [1.54, 1.807) is 20.8 Å². The Morgan fingerprint density at radius 2 is 1.00 bits per heavy atom. The van der Waals surface area contributed by atoms with Crippen LogP contribution in [-0.2, 0) is 51.5 Å². The molecule has 2 unspecified atom stereocenters. The summed E-state index contributed by atoms with van der Waals surface area (Å²) in [5.41, 5.74) is 0. The summed E-state index contributed by atoms with van der Waals surface area (Å²) in [4.78, 5) is 0. The Morgan fingerprint density at radius 3 is 1.43 bits per heavy atom. The Bertz CT molecular complexity index is 519. The topological polar surface area (TPSA) is 150 Å². The molecule has 0 aromatic carbocycles. The molecule has 35 heavy (non-hydrogen) atoms. The Labute approximate surface area is 208 Å². The average molecular weight is 537 g/mol. The lowest BCUT2D eigenvalue weighted by Crippen LogP contribution is -2.55. The molecule has 14 heteroatoms. The standard InChI is InChI=1S/C21H45O13P/c1-7-27-13-31-11-17(22)19(32-14-28-8-2)21(34-16-30-10-4)20(33-15-29-9-3)18(23)12-35(24,25-5)26-6/h17-23H,7-16H2,1-6H3/t17?,18?,19-,20+,21+/m1/s1. The van der Waals surface area contributed by atoms with Crippen molar-refractivity contribution >= 4 is 7.60 Å². The van der Waals surface area contributed by atoms with Crippen LogP contribution < -0.4 is 0 Å². The molecule has 5 atom stereocenters. The third-order valence-corrected chi connectivity index (χ3v) is 6.61. The van der Waals surface area contributed by atoms with E-state index in [4.69, 9.17) is 46.9 Å². The summed E-state index contributed by atoms with van der Waals surface area (Å²) in [6.07, 6.45) is -6.54. The minimum absolute atomic E-state index is 0.0338. The van der Waals surface area contributed by atoms with Crippen molar-refractivity contribution in [3.8, 4) is 0 Å². The van der Waals surface area contributed by atoms with Crippen molar-refractivity contribution in [3.63, 3.8) is 0 Å². The predicted octanol–water partition coefficient (Wildman–Crippen LogP) is 1.34. The summed E-state index contributed by atoms with van der Waals surface area (Å²) in [6, 6.07) is 0. The van der Waals surface area contributed by atoms with Gasteiger partial charge in [0.15, 0.2) is 0 Å². The van der Waals surface area contributed by atoms with Crippen LogP contribution >= 0.6 is 7.60 Å². The predicted molar refractivity (Wildman–Crippen MR) is 125 cm³/mol. The molecular weight excluding hydrogens is 491 g/mol. The molecule has 212 valence electrons. The minimum Gasteiger partial charge on any atom is -0.390 e. The van der Waals surface area contributed by atoms with Gasteiger partial charge in [-0.1, -0.05) is 0 Å². The van der Waals surface area contributed by atoms with Crippen LogP contribution in [0.5, 0.6) is 0 Å². The molecule has 0 aliphatic rings. The zero-order valence-electron chi connectivity index (χ0n) is 21.8. The normalized spacial score (nSPS) is 16.7. The van der Waals surface area contributed by atoms with Gasteiger partial charge in [-0.05, 0) is 27.7 Å². The molecule has 0 rings (SSSR count). The molecule has 0 spiro atoms. The maximum Gasteiger partial charge on any atom is 0.332 e. The van der Waals surface area contributed by atoms with Gasteiger partial charge in [0, 0.05) is 40.6 Å². The molecule has 0 amide bonds. The first-order chi connectivity index (χ1) is 16.8. The smallest absolute Gasteiger partial charge is 0.332 e. The van der Waals surface area contributed by atoms with Crippen molar-refractivity contribution in [3.05, 3.63) is 0 Å². The summed E-state index contributed by atoms with van der Waals surface area (Å²) < 4.78 is 66.4. The molecular formula is C21H45O13P. The zero-order valence-corrected chi connectivity index (χ0v) is 22.7. The van der Waals surface area contributed by atoms with Crippen molar-refractivity contribution in [1.82, 2.24) is 0 Å². The van der Waals surface area contributed by atoms with Crippen LogP contribution in [0.3, 0.4) is 0 Å². The zero-order chi connectivity index (χ0) is 26.5. The van der Waals surface area contributed by atoms with E-state index in [-0.39, 0.29) is 33.8 Å². The maximum atomic E-state index is 12.7. The van der Waals surface area contributed by atoms with Gasteiger partial charge in [0.25, 0.3) is 0 Å². The second-order valence-corrected chi connectivity index (χ2v) is 9.32. The van der Waals surface area contributed by atoms with E-state index < -0.39 is 44.3 Å². The highest BCUT2D eigenvalue weighted by Gasteiger charge is 2.43. The van der Waals surface area contributed by atoms with E-state index in [1.807, 2.05) is 6.92 Å². The number of ether oxygens (including phenoxy) is 8. The number of hydrogen-bond acceptors (Lipinski definition) is 13. The molecule has 0 saturated carbocycles. The van der Waals surface area contributed by atoms with Crippen molar-refractivity contribution in [2.45, 2.75) is 58.2 Å². The highest BCUT2D eigenvalue weighted by atomic mass is 31.2. The first kappa shape index (κ1) is 34.8. The lowest BCUT2D eigenvalue weighted by atomic mass is 9.99. The van der Waals surface area contributed by atoms with Crippen LogP contribution in [-0.4, -0.2) is 121 Å². The molecule has 0 aromatic heterocycles.